The van der Waals surface area contributed by atoms with E-state index in [-0.39, 0.29) is 6.73 Å². The molecule has 0 aromatic heterocycles. The van der Waals surface area contributed by atoms with Crippen LogP contribution < -0.4 is 21.7 Å². The molecule has 0 spiro atoms. The van der Waals surface area contributed by atoms with Crippen molar-refractivity contribution in [2.45, 2.75) is 19.5 Å². The summed E-state index contributed by atoms with van der Waals surface area (Å²) in [6, 6.07) is 0. The van der Waals surface area contributed by atoms with E-state index in [4.69, 9.17) is 5.26 Å². The van der Waals surface area contributed by atoms with Gasteiger partial charge in [0.05, 0.1) is 0 Å². The summed E-state index contributed by atoms with van der Waals surface area (Å²) >= 11 is 0. The van der Waals surface area contributed by atoms with E-state index in [1.807, 2.05) is 5.32 Å². The van der Waals surface area contributed by atoms with Crippen molar-refractivity contribution in [2.75, 3.05) is 6.73 Å². The average molecular weight is 387 g/mol. The van der Waals surface area contributed by atoms with Gasteiger partial charge in [-0.3, -0.25) is 16.0 Å². The minimum atomic E-state index is -1.30. The van der Waals surface area contributed by atoms with Crippen LogP contribution in [0.25, 0.3) is 0 Å². The number of nitrogens with zero attached hydrogens (tertiary/aromatic N) is 1. The Balaban J connectivity index is 4.16. The van der Waals surface area contributed by atoms with Gasteiger partial charge in [0.15, 0.2) is 6.73 Å². The third-order valence-electron chi connectivity index (χ3n) is 2.00. The van der Waals surface area contributed by atoms with Crippen molar-refractivity contribution < 1.29 is 42.9 Å². The van der Waals surface area contributed by atoms with Crippen molar-refractivity contribution in [3.63, 3.8) is 0 Å². The molecule has 0 bridgehead atoms. The second-order valence-corrected chi connectivity index (χ2v) is 4.63. The van der Waals surface area contributed by atoms with Gasteiger partial charge in [0.2, 0.25) is 0 Å². The SMILES string of the molecule is CC(C)(NC(=O)OC=COC(N)=O)NC(=O)OC=COC(=O)NCOC#N. The molecule has 0 rings (SSSR count). The Bertz CT molecular complexity index is 639. The highest BCUT2D eigenvalue weighted by Crippen LogP contribution is 1.99. The summed E-state index contributed by atoms with van der Waals surface area (Å²) in [5, 5.41) is 14.6. The molecular weight excluding hydrogens is 370 g/mol. The van der Waals surface area contributed by atoms with Crippen LogP contribution in [0.2, 0.25) is 0 Å². The molecule has 148 valence electrons. The number of alkyl carbamates (subject to hydrolysis) is 3. The maximum atomic E-state index is 11.6. The van der Waals surface area contributed by atoms with Crippen LogP contribution in [-0.2, 0) is 23.7 Å². The Morgan fingerprint density at radius 1 is 0.926 bits per heavy atom. The minimum Gasteiger partial charge on any atom is -0.415 e. The van der Waals surface area contributed by atoms with Gasteiger partial charge in [-0.05, 0) is 13.8 Å². The highest BCUT2D eigenvalue weighted by atomic mass is 16.6. The van der Waals surface area contributed by atoms with Gasteiger partial charge in [-0.1, -0.05) is 0 Å². The molecule has 0 aromatic rings. The molecule has 0 aromatic carbocycles. The highest BCUT2D eigenvalue weighted by molar-refractivity contribution is 5.72. The lowest BCUT2D eigenvalue weighted by molar-refractivity contribution is 0.146. The number of primary amides is 1. The van der Waals surface area contributed by atoms with E-state index in [1.54, 1.807) is 0 Å². The van der Waals surface area contributed by atoms with Gasteiger partial charge in [0.25, 0.3) is 6.26 Å². The van der Waals surface area contributed by atoms with Crippen LogP contribution in [0.5, 0.6) is 0 Å². The maximum Gasteiger partial charge on any atom is 0.414 e. The lowest BCUT2D eigenvalue weighted by Crippen LogP contribution is -2.56. The van der Waals surface area contributed by atoms with Gasteiger partial charge in [0, 0.05) is 0 Å². The monoisotopic (exact) mass is 387 g/mol. The molecule has 0 fully saturated rings. The van der Waals surface area contributed by atoms with Crippen LogP contribution in [0.3, 0.4) is 0 Å². The predicted molar refractivity (Wildman–Crippen MR) is 83.4 cm³/mol. The molecular formula is C13H17N5O9. The van der Waals surface area contributed by atoms with E-state index < -0.39 is 30.0 Å². The van der Waals surface area contributed by atoms with E-state index in [1.165, 1.54) is 20.1 Å². The largest absolute Gasteiger partial charge is 0.415 e. The van der Waals surface area contributed by atoms with E-state index in [9.17, 15) is 19.2 Å². The van der Waals surface area contributed by atoms with Crippen molar-refractivity contribution in [1.29, 1.82) is 5.26 Å². The van der Waals surface area contributed by atoms with E-state index >= 15 is 0 Å². The van der Waals surface area contributed by atoms with E-state index in [0.717, 1.165) is 25.0 Å². The van der Waals surface area contributed by atoms with Crippen molar-refractivity contribution in [2.24, 2.45) is 5.73 Å². The molecule has 0 saturated heterocycles. The first-order valence-corrected chi connectivity index (χ1v) is 6.85. The standard InChI is InChI=1S/C13H17N5O9/c1-13(2,17-11(21)26-4-3-24-9(15)19)18-12(22)27-6-5-25-10(20)16-8-23-7-14/h3-6H,8H2,1-2H3,(H2,15,19)(H,16,20)(H,17,21)(H,18,22). The summed E-state index contributed by atoms with van der Waals surface area (Å²) in [7, 11) is 0. The smallest absolute Gasteiger partial charge is 0.414 e. The molecule has 0 aliphatic rings. The summed E-state index contributed by atoms with van der Waals surface area (Å²) in [6.45, 7) is 2.42. The molecule has 27 heavy (non-hydrogen) atoms. The molecule has 0 heterocycles. The van der Waals surface area contributed by atoms with Crippen molar-refractivity contribution >= 4 is 24.4 Å². The first-order chi connectivity index (χ1) is 12.7. The normalized spacial score (nSPS) is 10.4. The number of ether oxygens (including phenoxy) is 5. The van der Waals surface area contributed by atoms with Crippen LogP contribution >= 0.6 is 0 Å². The molecule has 0 aliphatic heterocycles. The van der Waals surface area contributed by atoms with Crippen molar-refractivity contribution in [1.82, 2.24) is 16.0 Å². The lowest BCUT2D eigenvalue weighted by Gasteiger charge is -2.25. The summed E-state index contributed by atoms with van der Waals surface area (Å²) in [4.78, 5) is 44.3. The third kappa shape index (κ3) is 13.9. The molecule has 14 heteroatoms. The number of carbonyl (C=O) groups excluding carboxylic acids is 4. The quantitative estimate of drug-likeness (QED) is 0.148. The number of hydrogen-bond donors (Lipinski definition) is 4. The Morgan fingerprint density at radius 3 is 1.81 bits per heavy atom. The fourth-order valence-corrected chi connectivity index (χ4v) is 1.13. The Hall–Kier alpha value is -4.15. The zero-order chi connectivity index (χ0) is 20.7. The number of nitrogens with two attached hydrogens (primary N) is 1. The average Bonchev–Trinajstić information content (AvgIpc) is 2.54. The fourth-order valence-electron chi connectivity index (χ4n) is 1.13. The second kappa shape index (κ2) is 12.2. The zero-order valence-corrected chi connectivity index (χ0v) is 14.2. The van der Waals surface area contributed by atoms with Gasteiger partial charge in [-0.15, -0.1) is 0 Å². The molecule has 0 atom stereocenters. The number of carbonyl (C=O) groups is 4. The number of nitrogens with one attached hydrogen (secondary N) is 3. The summed E-state index contributed by atoms with van der Waals surface area (Å²) < 4.78 is 21.9. The zero-order valence-electron chi connectivity index (χ0n) is 14.2. The van der Waals surface area contributed by atoms with Crippen LogP contribution in [0.15, 0.2) is 25.0 Å². The number of rotatable bonds is 8. The molecule has 14 nitrogen and oxygen atoms in total. The van der Waals surface area contributed by atoms with E-state index in [2.05, 4.69) is 40.1 Å². The number of nitriles is 1. The molecule has 4 amide bonds. The fraction of sp³-hybridized carbons (Fsp3) is 0.308. The van der Waals surface area contributed by atoms with Crippen LogP contribution in [-0.4, -0.2) is 36.8 Å². The van der Waals surface area contributed by atoms with Crippen LogP contribution in [0.4, 0.5) is 19.2 Å². The Morgan fingerprint density at radius 2 is 1.37 bits per heavy atom. The first kappa shape index (κ1) is 22.9. The van der Waals surface area contributed by atoms with Gasteiger partial charge in [-0.25, -0.2) is 19.2 Å². The molecule has 0 radical (unpaired) electrons. The molecule has 0 saturated carbocycles. The van der Waals surface area contributed by atoms with Crippen molar-refractivity contribution in [3.8, 4) is 6.26 Å². The third-order valence-corrected chi connectivity index (χ3v) is 2.00. The topological polar surface area (TPSA) is 200 Å². The van der Waals surface area contributed by atoms with Gasteiger partial charge in [-0.2, -0.15) is 5.26 Å². The number of hydrogen-bond acceptors (Lipinski definition) is 10. The van der Waals surface area contributed by atoms with Gasteiger partial charge < -0.3 is 29.4 Å². The van der Waals surface area contributed by atoms with Crippen LogP contribution in [0.1, 0.15) is 13.8 Å². The second-order valence-electron chi connectivity index (χ2n) is 4.63. The van der Waals surface area contributed by atoms with E-state index in [0.29, 0.717) is 0 Å². The highest BCUT2D eigenvalue weighted by Gasteiger charge is 2.23. The summed E-state index contributed by atoms with van der Waals surface area (Å²) in [6.07, 6.45) is 0.282. The lowest BCUT2D eigenvalue weighted by atomic mass is 10.2. The Kier molecular flexibility index (Phi) is 10.4. The Labute approximate surface area is 152 Å². The number of amides is 4. The van der Waals surface area contributed by atoms with Gasteiger partial charge in [0.1, 0.15) is 30.7 Å². The maximum absolute atomic E-state index is 11.6. The van der Waals surface area contributed by atoms with Gasteiger partial charge >= 0.3 is 24.4 Å². The molecule has 5 N–H and O–H groups in total. The summed E-state index contributed by atoms with van der Waals surface area (Å²) in [5.41, 5.74) is 3.38. The van der Waals surface area contributed by atoms with Crippen LogP contribution in [0, 0.1) is 11.5 Å². The molecule has 0 unspecified atom stereocenters. The molecule has 0 aliphatic carbocycles. The summed E-state index contributed by atoms with van der Waals surface area (Å²) in [5.74, 6) is 0. The first-order valence-electron chi connectivity index (χ1n) is 6.85. The van der Waals surface area contributed by atoms with Crippen molar-refractivity contribution in [3.05, 3.63) is 25.0 Å². The predicted octanol–water partition coefficient (Wildman–Crippen LogP) is 0.394. The minimum absolute atomic E-state index is 0.385.